The average molecular weight is 355 g/mol. The van der Waals surface area contributed by atoms with Crippen molar-refractivity contribution in [3.8, 4) is 0 Å². The van der Waals surface area contributed by atoms with Gasteiger partial charge in [-0.25, -0.2) is 4.79 Å². The standard InChI is InChI=1S/C21H26N2O3/c1-4-23(5-2)15-19-9-7-6-8-18(19)14-22-20(24)16-10-12-17(13-11-16)21(25)26-3/h6-13H,4-5,14-15H2,1-3H3,(H,22,24)/p+1. The van der Waals surface area contributed by atoms with Crippen LogP contribution in [0, 0.1) is 0 Å². The number of nitrogens with one attached hydrogen (secondary N) is 2. The van der Waals surface area contributed by atoms with Gasteiger partial charge < -0.3 is 15.0 Å². The Morgan fingerprint density at radius 2 is 1.50 bits per heavy atom. The van der Waals surface area contributed by atoms with Crippen molar-refractivity contribution in [2.24, 2.45) is 0 Å². The second-order valence-electron chi connectivity index (χ2n) is 6.15. The Hall–Kier alpha value is -2.66. The van der Waals surface area contributed by atoms with Crippen LogP contribution < -0.4 is 10.2 Å². The van der Waals surface area contributed by atoms with Crippen LogP contribution in [-0.4, -0.2) is 32.1 Å². The molecule has 0 radical (unpaired) electrons. The fourth-order valence-electron chi connectivity index (χ4n) is 2.82. The van der Waals surface area contributed by atoms with Crippen molar-refractivity contribution in [2.45, 2.75) is 26.9 Å². The summed E-state index contributed by atoms with van der Waals surface area (Å²) in [4.78, 5) is 25.3. The molecule has 0 saturated heterocycles. The molecule has 1 amide bonds. The van der Waals surface area contributed by atoms with E-state index in [2.05, 4.69) is 36.0 Å². The first kappa shape index (κ1) is 19.7. The molecule has 5 heteroatoms. The van der Waals surface area contributed by atoms with Gasteiger partial charge in [-0.05, 0) is 43.7 Å². The molecule has 26 heavy (non-hydrogen) atoms. The number of methoxy groups -OCH3 is 1. The molecule has 0 bridgehead atoms. The van der Waals surface area contributed by atoms with Crippen LogP contribution in [0.15, 0.2) is 48.5 Å². The van der Waals surface area contributed by atoms with Crippen molar-refractivity contribution in [1.82, 2.24) is 5.32 Å². The number of quaternary nitrogens is 1. The SMILES string of the molecule is CC[NH+](CC)Cc1ccccc1CNC(=O)c1ccc(C(=O)OC)cc1. The van der Waals surface area contributed by atoms with Crippen LogP contribution in [0.3, 0.4) is 0 Å². The quantitative estimate of drug-likeness (QED) is 0.710. The Morgan fingerprint density at radius 3 is 2.08 bits per heavy atom. The van der Waals surface area contributed by atoms with E-state index in [9.17, 15) is 9.59 Å². The molecule has 5 nitrogen and oxygen atoms in total. The molecule has 0 aromatic heterocycles. The molecule has 0 atom stereocenters. The lowest BCUT2D eigenvalue weighted by molar-refractivity contribution is -0.910. The molecule has 138 valence electrons. The lowest BCUT2D eigenvalue weighted by Crippen LogP contribution is -3.10. The molecule has 0 aliphatic heterocycles. The van der Waals surface area contributed by atoms with E-state index < -0.39 is 5.97 Å². The lowest BCUT2D eigenvalue weighted by atomic mass is 10.1. The topological polar surface area (TPSA) is 59.8 Å². The maximum atomic E-state index is 12.4. The third kappa shape index (κ3) is 5.17. The Morgan fingerprint density at radius 1 is 0.923 bits per heavy atom. The fourth-order valence-corrected chi connectivity index (χ4v) is 2.82. The van der Waals surface area contributed by atoms with Gasteiger partial charge in [0.2, 0.25) is 0 Å². The Labute approximate surface area is 155 Å². The van der Waals surface area contributed by atoms with Crippen molar-refractivity contribution in [3.05, 3.63) is 70.8 Å². The van der Waals surface area contributed by atoms with Gasteiger partial charge in [0, 0.05) is 17.7 Å². The predicted octanol–water partition coefficient (Wildman–Crippen LogP) is 1.83. The second kappa shape index (κ2) is 9.73. The average Bonchev–Trinajstić information content (AvgIpc) is 2.70. The van der Waals surface area contributed by atoms with Crippen molar-refractivity contribution < 1.29 is 19.2 Å². The molecule has 2 aromatic rings. The van der Waals surface area contributed by atoms with Gasteiger partial charge >= 0.3 is 5.97 Å². The highest BCUT2D eigenvalue weighted by molar-refractivity contribution is 5.96. The Balaban J connectivity index is 2.02. The third-order valence-electron chi connectivity index (χ3n) is 4.57. The second-order valence-corrected chi connectivity index (χ2v) is 6.15. The lowest BCUT2D eigenvalue weighted by Gasteiger charge is -2.18. The fraction of sp³-hybridized carbons (Fsp3) is 0.333. The highest BCUT2D eigenvalue weighted by Crippen LogP contribution is 2.09. The van der Waals surface area contributed by atoms with Gasteiger partial charge in [-0.3, -0.25) is 4.79 Å². The number of hydrogen-bond acceptors (Lipinski definition) is 3. The molecule has 2 N–H and O–H groups in total. The number of benzene rings is 2. The number of esters is 1. The maximum absolute atomic E-state index is 12.4. The first-order valence-corrected chi connectivity index (χ1v) is 8.95. The van der Waals surface area contributed by atoms with E-state index in [-0.39, 0.29) is 5.91 Å². The van der Waals surface area contributed by atoms with Gasteiger partial charge in [-0.1, -0.05) is 24.3 Å². The number of carbonyl (C=O) groups is 2. The van der Waals surface area contributed by atoms with Crippen LogP contribution in [-0.2, 0) is 17.8 Å². The van der Waals surface area contributed by atoms with Crippen molar-refractivity contribution in [2.75, 3.05) is 20.2 Å². The summed E-state index contributed by atoms with van der Waals surface area (Å²) >= 11 is 0. The Bertz CT molecular complexity index is 737. The van der Waals surface area contributed by atoms with Crippen LogP contribution in [0.4, 0.5) is 0 Å². The zero-order chi connectivity index (χ0) is 18.9. The van der Waals surface area contributed by atoms with Crippen molar-refractivity contribution in [3.63, 3.8) is 0 Å². The van der Waals surface area contributed by atoms with Crippen LogP contribution >= 0.6 is 0 Å². The number of hydrogen-bond donors (Lipinski definition) is 2. The molecule has 0 aliphatic rings. The van der Waals surface area contributed by atoms with E-state index in [0.717, 1.165) is 25.2 Å². The number of ether oxygens (including phenoxy) is 1. The summed E-state index contributed by atoms with van der Waals surface area (Å²) in [5.41, 5.74) is 3.33. The number of rotatable bonds is 8. The third-order valence-corrected chi connectivity index (χ3v) is 4.57. The molecule has 0 heterocycles. The van der Waals surface area contributed by atoms with E-state index in [0.29, 0.717) is 17.7 Å². The highest BCUT2D eigenvalue weighted by Gasteiger charge is 2.12. The molecule has 0 unspecified atom stereocenters. The smallest absolute Gasteiger partial charge is 0.337 e. The van der Waals surface area contributed by atoms with Crippen molar-refractivity contribution >= 4 is 11.9 Å². The van der Waals surface area contributed by atoms with Crippen LogP contribution in [0.1, 0.15) is 45.7 Å². The van der Waals surface area contributed by atoms with E-state index in [1.165, 1.54) is 17.6 Å². The molecule has 0 saturated carbocycles. The molecule has 0 aliphatic carbocycles. The predicted molar refractivity (Wildman–Crippen MR) is 101 cm³/mol. The Kier molecular flexibility index (Phi) is 7.36. The summed E-state index contributed by atoms with van der Waals surface area (Å²) in [6, 6.07) is 14.7. The zero-order valence-corrected chi connectivity index (χ0v) is 15.7. The molecule has 2 rings (SSSR count). The minimum Gasteiger partial charge on any atom is -0.465 e. The van der Waals surface area contributed by atoms with E-state index in [4.69, 9.17) is 0 Å². The van der Waals surface area contributed by atoms with E-state index in [1.54, 1.807) is 24.3 Å². The first-order chi connectivity index (χ1) is 12.6. The number of amides is 1. The summed E-state index contributed by atoms with van der Waals surface area (Å²) in [5.74, 6) is -0.573. The summed E-state index contributed by atoms with van der Waals surface area (Å²) < 4.78 is 4.66. The summed E-state index contributed by atoms with van der Waals surface area (Å²) in [6.07, 6.45) is 0. The molecular weight excluding hydrogens is 328 g/mol. The van der Waals surface area contributed by atoms with Crippen molar-refractivity contribution in [1.29, 1.82) is 0 Å². The van der Waals surface area contributed by atoms with Gasteiger partial charge in [0.1, 0.15) is 6.54 Å². The van der Waals surface area contributed by atoms with Crippen LogP contribution in [0.5, 0.6) is 0 Å². The van der Waals surface area contributed by atoms with Crippen LogP contribution in [0.2, 0.25) is 0 Å². The van der Waals surface area contributed by atoms with Gasteiger partial charge in [0.15, 0.2) is 0 Å². The minimum atomic E-state index is -0.412. The zero-order valence-electron chi connectivity index (χ0n) is 15.7. The molecular formula is C21H27N2O3+. The minimum absolute atomic E-state index is 0.161. The summed E-state index contributed by atoms with van der Waals surface area (Å²) in [6.45, 7) is 7.94. The highest BCUT2D eigenvalue weighted by atomic mass is 16.5. The molecule has 0 fully saturated rings. The summed E-state index contributed by atoms with van der Waals surface area (Å²) in [7, 11) is 1.33. The first-order valence-electron chi connectivity index (χ1n) is 8.95. The monoisotopic (exact) mass is 355 g/mol. The van der Waals surface area contributed by atoms with Gasteiger partial charge in [0.25, 0.3) is 5.91 Å². The van der Waals surface area contributed by atoms with Gasteiger partial charge in [-0.2, -0.15) is 0 Å². The normalized spacial score (nSPS) is 10.6. The van der Waals surface area contributed by atoms with Crippen LogP contribution in [0.25, 0.3) is 0 Å². The summed E-state index contributed by atoms with van der Waals surface area (Å²) in [5, 5.41) is 2.96. The molecule has 0 spiro atoms. The maximum Gasteiger partial charge on any atom is 0.337 e. The van der Waals surface area contributed by atoms with Gasteiger partial charge in [-0.15, -0.1) is 0 Å². The van der Waals surface area contributed by atoms with E-state index >= 15 is 0 Å². The molecule has 2 aromatic carbocycles. The largest absolute Gasteiger partial charge is 0.465 e. The number of carbonyl (C=O) groups excluding carboxylic acids is 2. The van der Waals surface area contributed by atoms with Gasteiger partial charge in [0.05, 0.1) is 25.8 Å². The van der Waals surface area contributed by atoms with E-state index in [1.807, 2.05) is 12.1 Å².